The first kappa shape index (κ1) is 19.3. The third kappa shape index (κ3) is 4.06. The van der Waals surface area contributed by atoms with Crippen LogP contribution in [0.25, 0.3) is 0 Å². The van der Waals surface area contributed by atoms with Crippen LogP contribution in [-0.4, -0.2) is 31.5 Å². The van der Waals surface area contributed by atoms with Crippen molar-refractivity contribution in [3.05, 3.63) is 47.5 Å². The second kappa shape index (κ2) is 8.15. The van der Waals surface area contributed by atoms with Crippen LogP contribution in [0.2, 0.25) is 0 Å². The number of aryl methyl sites for hydroxylation is 2. The third-order valence-corrected chi connectivity index (χ3v) is 5.69. The molecule has 2 aromatic rings. The second-order valence-corrected chi connectivity index (χ2v) is 7.73. The quantitative estimate of drug-likeness (QED) is 0.784. The van der Waals surface area contributed by atoms with Crippen LogP contribution in [0.4, 0.5) is 17.1 Å². The van der Waals surface area contributed by atoms with Crippen molar-refractivity contribution in [3.63, 3.8) is 0 Å². The molecular weight excluding hydrogens is 366 g/mol. The number of hydrogen-bond acceptors (Lipinski definition) is 4. The first-order chi connectivity index (χ1) is 14.0. The molecule has 1 aliphatic carbocycles. The van der Waals surface area contributed by atoms with Gasteiger partial charge in [-0.2, -0.15) is 0 Å². The molecule has 2 amide bonds. The smallest absolute Gasteiger partial charge is 0.246 e. The number of amides is 2. The predicted molar refractivity (Wildman–Crippen MR) is 115 cm³/mol. The van der Waals surface area contributed by atoms with Crippen molar-refractivity contribution in [2.24, 2.45) is 0 Å². The highest BCUT2D eigenvalue weighted by Crippen LogP contribution is 2.34. The van der Waals surface area contributed by atoms with E-state index in [4.69, 9.17) is 4.74 Å². The number of nitrogens with one attached hydrogen (secondary N) is 2. The standard InChI is InChI=1S/C23H27N3O3/c1-15(23(28)25-18-9-8-16-5-3-6-17(16)13-18)24-19-10-11-20(21(14-19)29-2)26-12-4-7-22(26)27/h8-11,13-15,24H,3-7,12H2,1-2H3,(H,25,28). The number of benzene rings is 2. The van der Waals surface area contributed by atoms with Crippen LogP contribution in [0.5, 0.6) is 5.75 Å². The van der Waals surface area contributed by atoms with Gasteiger partial charge in [0.1, 0.15) is 11.8 Å². The summed E-state index contributed by atoms with van der Waals surface area (Å²) in [6.07, 6.45) is 4.83. The van der Waals surface area contributed by atoms with E-state index in [2.05, 4.69) is 22.8 Å². The minimum absolute atomic E-state index is 0.0966. The van der Waals surface area contributed by atoms with Gasteiger partial charge in [0.15, 0.2) is 0 Å². The molecule has 1 fully saturated rings. The van der Waals surface area contributed by atoms with Gasteiger partial charge in [-0.15, -0.1) is 0 Å². The molecule has 1 heterocycles. The van der Waals surface area contributed by atoms with Crippen LogP contribution in [-0.2, 0) is 22.4 Å². The summed E-state index contributed by atoms with van der Waals surface area (Å²) in [5, 5.41) is 6.22. The van der Waals surface area contributed by atoms with E-state index in [0.717, 1.165) is 36.3 Å². The van der Waals surface area contributed by atoms with Crippen molar-refractivity contribution in [3.8, 4) is 5.75 Å². The van der Waals surface area contributed by atoms with Crippen LogP contribution in [0.15, 0.2) is 36.4 Å². The highest BCUT2D eigenvalue weighted by Gasteiger charge is 2.25. The summed E-state index contributed by atoms with van der Waals surface area (Å²) in [6.45, 7) is 2.54. The van der Waals surface area contributed by atoms with Gasteiger partial charge in [-0.25, -0.2) is 0 Å². The molecule has 6 nitrogen and oxygen atoms in total. The predicted octanol–water partition coefficient (Wildman–Crippen LogP) is 3.75. The van der Waals surface area contributed by atoms with Crippen molar-refractivity contribution in [1.82, 2.24) is 0 Å². The third-order valence-electron chi connectivity index (χ3n) is 5.69. The Morgan fingerprint density at radius 3 is 2.59 bits per heavy atom. The molecule has 0 bridgehead atoms. The van der Waals surface area contributed by atoms with Crippen molar-refractivity contribution in [2.75, 3.05) is 29.2 Å². The van der Waals surface area contributed by atoms with Gasteiger partial charge < -0.3 is 20.3 Å². The van der Waals surface area contributed by atoms with E-state index in [9.17, 15) is 9.59 Å². The van der Waals surface area contributed by atoms with Crippen LogP contribution in [0, 0.1) is 0 Å². The minimum Gasteiger partial charge on any atom is -0.494 e. The molecule has 0 radical (unpaired) electrons. The van der Waals surface area contributed by atoms with Gasteiger partial charge in [0, 0.05) is 30.4 Å². The summed E-state index contributed by atoms with van der Waals surface area (Å²) >= 11 is 0. The van der Waals surface area contributed by atoms with Crippen molar-refractivity contribution in [1.29, 1.82) is 0 Å². The maximum Gasteiger partial charge on any atom is 0.246 e. The Balaban J connectivity index is 1.42. The van der Waals surface area contributed by atoms with Crippen LogP contribution in [0.3, 0.4) is 0 Å². The molecular formula is C23H27N3O3. The molecule has 0 saturated carbocycles. The number of methoxy groups -OCH3 is 1. The summed E-state index contributed by atoms with van der Waals surface area (Å²) in [6, 6.07) is 11.3. The first-order valence-corrected chi connectivity index (χ1v) is 10.2. The average molecular weight is 393 g/mol. The van der Waals surface area contributed by atoms with Crippen molar-refractivity contribution in [2.45, 2.75) is 45.1 Å². The Bertz CT molecular complexity index is 941. The minimum atomic E-state index is -0.424. The van der Waals surface area contributed by atoms with Gasteiger partial charge in [0.05, 0.1) is 12.8 Å². The Labute approximate surface area is 171 Å². The Hall–Kier alpha value is -3.02. The lowest BCUT2D eigenvalue weighted by Gasteiger charge is -2.21. The highest BCUT2D eigenvalue weighted by atomic mass is 16.5. The number of carbonyl (C=O) groups is 2. The van der Waals surface area contributed by atoms with Crippen LogP contribution in [0.1, 0.15) is 37.3 Å². The summed E-state index contributed by atoms with van der Waals surface area (Å²) < 4.78 is 5.49. The maximum atomic E-state index is 12.6. The van der Waals surface area contributed by atoms with Gasteiger partial charge >= 0.3 is 0 Å². The maximum absolute atomic E-state index is 12.6. The lowest BCUT2D eigenvalue weighted by molar-refractivity contribution is -0.117. The molecule has 1 unspecified atom stereocenters. The fourth-order valence-corrected chi connectivity index (χ4v) is 4.11. The summed E-state index contributed by atoms with van der Waals surface area (Å²) in [5.74, 6) is 0.642. The molecule has 4 rings (SSSR count). The molecule has 0 spiro atoms. The zero-order valence-corrected chi connectivity index (χ0v) is 17.0. The second-order valence-electron chi connectivity index (χ2n) is 7.73. The summed E-state index contributed by atoms with van der Waals surface area (Å²) in [5.41, 5.74) is 5.10. The molecule has 0 aromatic heterocycles. The number of nitrogens with zero attached hydrogens (tertiary/aromatic N) is 1. The number of ether oxygens (including phenoxy) is 1. The zero-order chi connectivity index (χ0) is 20.4. The normalized spacial score (nSPS) is 16.5. The van der Waals surface area contributed by atoms with Gasteiger partial charge in [-0.1, -0.05) is 6.07 Å². The summed E-state index contributed by atoms with van der Waals surface area (Å²) in [7, 11) is 1.59. The Morgan fingerprint density at radius 1 is 1.03 bits per heavy atom. The fraction of sp³-hybridized carbons (Fsp3) is 0.391. The molecule has 152 valence electrons. The molecule has 2 aromatic carbocycles. The molecule has 1 aliphatic heterocycles. The van der Waals surface area contributed by atoms with E-state index in [1.807, 2.05) is 31.2 Å². The van der Waals surface area contributed by atoms with E-state index in [1.165, 1.54) is 17.5 Å². The molecule has 29 heavy (non-hydrogen) atoms. The van der Waals surface area contributed by atoms with Crippen molar-refractivity contribution >= 4 is 28.9 Å². The largest absolute Gasteiger partial charge is 0.494 e. The van der Waals surface area contributed by atoms with Crippen LogP contribution >= 0.6 is 0 Å². The number of fused-ring (bicyclic) bond motifs is 1. The van der Waals surface area contributed by atoms with E-state index in [-0.39, 0.29) is 11.8 Å². The topological polar surface area (TPSA) is 70.7 Å². The SMILES string of the molecule is COc1cc(NC(C)C(=O)Nc2ccc3c(c2)CCC3)ccc1N1CCCC1=O. The van der Waals surface area contributed by atoms with Crippen molar-refractivity contribution < 1.29 is 14.3 Å². The molecule has 2 N–H and O–H groups in total. The monoisotopic (exact) mass is 393 g/mol. The first-order valence-electron chi connectivity index (χ1n) is 10.2. The Morgan fingerprint density at radius 2 is 1.83 bits per heavy atom. The highest BCUT2D eigenvalue weighted by molar-refractivity contribution is 5.98. The lowest BCUT2D eigenvalue weighted by Crippen LogP contribution is -2.32. The fourth-order valence-electron chi connectivity index (χ4n) is 4.11. The molecule has 1 saturated heterocycles. The lowest BCUT2D eigenvalue weighted by atomic mass is 10.1. The molecule has 6 heteroatoms. The molecule has 2 aliphatic rings. The van der Waals surface area contributed by atoms with Gasteiger partial charge in [0.25, 0.3) is 0 Å². The van der Waals surface area contributed by atoms with Gasteiger partial charge in [0.2, 0.25) is 11.8 Å². The number of hydrogen-bond donors (Lipinski definition) is 2. The number of anilines is 3. The van der Waals surface area contributed by atoms with Crippen LogP contribution < -0.4 is 20.3 Å². The number of carbonyl (C=O) groups excluding carboxylic acids is 2. The van der Waals surface area contributed by atoms with E-state index in [0.29, 0.717) is 18.7 Å². The average Bonchev–Trinajstić information content (AvgIpc) is 3.36. The summed E-state index contributed by atoms with van der Waals surface area (Å²) in [4.78, 5) is 26.4. The van der Waals surface area contributed by atoms with E-state index < -0.39 is 6.04 Å². The van der Waals surface area contributed by atoms with E-state index in [1.54, 1.807) is 12.0 Å². The van der Waals surface area contributed by atoms with E-state index >= 15 is 0 Å². The molecule has 1 atom stereocenters. The number of rotatable bonds is 6. The van der Waals surface area contributed by atoms with Gasteiger partial charge in [-0.3, -0.25) is 9.59 Å². The Kier molecular flexibility index (Phi) is 5.43. The van der Waals surface area contributed by atoms with Gasteiger partial charge in [-0.05, 0) is 68.0 Å². The zero-order valence-electron chi connectivity index (χ0n) is 17.0.